The average Bonchev–Trinajstić information content (AvgIpc) is 2.26. The number of hydrogen-bond acceptors (Lipinski definition) is 4. The molecule has 0 fully saturated rings. The van der Waals surface area contributed by atoms with Crippen LogP contribution in [-0.2, 0) is 7.05 Å². The van der Waals surface area contributed by atoms with Gasteiger partial charge in [0, 0.05) is 13.1 Å². The molecule has 2 rings (SSSR count). The maximum Gasteiger partial charge on any atom is 0.261 e. The lowest BCUT2D eigenvalue weighted by atomic mass is 10.2. The van der Waals surface area contributed by atoms with Gasteiger partial charge in [-0.2, -0.15) is 0 Å². The number of aromatic nitrogens is 2. The van der Waals surface area contributed by atoms with Crippen LogP contribution in [0.3, 0.4) is 0 Å². The summed E-state index contributed by atoms with van der Waals surface area (Å²) in [6.45, 7) is 2.27. The normalized spacial score (nSPS) is 10.6. The molecule has 84 valence electrons. The average molecular weight is 220 g/mol. The Balaban J connectivity index is 2.74. The first-order valence-electron chi connectivity index (χ1n) is 4.94. The molecule has 0 radical (unpaired) electrons. The lowest BCUT2D eigenvalue weighted by molar-refractivity contribution is 0.318. The maximum absolute atomic E-state index is 11.7. The summed E-state index contributed by atoms with van der Waals surface area (Å²) in [5.74, 6) is 0.301. The summed E-state index contributed by atoms with van der Waals surface area (Å²) >= 11 is 0. The summed E-state index contributed by atoms with van der Waals surface area (Å²) < 4.78 is 6.58. The van der Waals surface area contributed by atoms with Crippen LogP contribution in [0.5, 0.6) is 11.5 Å². The third-order valence-electron chi connectivity index (χ3n) is 2.30. The molecule has 16 heavy (non-hydrogen) atoms. The molecule has 0 aliphatic heterocycles. The molecular formula is C11H12N2O3. The van der Waals surface area contributed by atoms with Gasteiger partial charge in [-0.3, -0.25) is 4.79 Å². The third-order valence-corrected chi connectivity index (χ3v) is 2.30. The molecule has 0 unspecified atom stereocenters. The zero-order chi connectivity index (χ0) is 11.7. The minimum atomic E-state index is -0.191. The number of hydrogen-bond donors (Lipinski definition) is 1. The van der Waals surface area contributed by atoms with E-state index in [2.05, 4.69) is 4.98 Å². The van der Waals surface area contributed by atoms with Gasteiger partial charge >= 0.3 is 0 Å². The van der Waals surface area contributed by atoms with E-state index in [0.717, 1.165) is 0 Å². The van der Waals surface area contributed by atoms with Crippen LogP contribution in [0.15, 0.2) is 23.3 Å². The predicted octanol–water partition coefficient (Wildman–Crippen LogP) is 1.04. The van der Waals surface area contributed by atoms with Gasteiger partial charge in [0.25, 0.3) is 5.56 Å². The molecule has 0 saturated carbocycles. The standard InChI is InChI=1S/C11H12N2O3/c1-3-16-10-5-8-7(4-9(10)14)11(15)13(2)6-12-8/h4-6,14H,3H2,1-2H3. The van der Waals surface area contributed by atoms with E-state index in [9.17, 15) is 9.90 Å². The summed E-state index contributed by atoms with van der Waals surface area (Å²) in [4.78, 5) is 15.8. The molecule has 0 saturated heterocycles. The highest BCUT2D eigenvalue weighted by Gasteiger charge is 2.08. The molecule has 0 spiro atoms. The van der Waals surface area contributed by atoms with Crippen LogP contribution in [0.25, 0.3) is 10.9 Å². The first kappa shape index (κ1) is 10.5. The second kappa shape index (κ2) is 3.84. The Kier molecular flexibility index (Phi) is 2.52. The minimum Gasteiger partial charge on any atom is -0.504 e. The Hall–Kier alpha value is -2.04. The van der Waals surface area contributed by atoms with Crippen LogP contribution in [0.1, 0.15) is 6.92 Å². The molecule has 0 amide bonds. The van der Waals surface area contributed by atoms with Crippen LogP contribution in [0, 0.1) is 0 Å². The molecule has 1 N–H and O–H groups in total. The Bertz CT molecular complexity index is 590. The largest absolute Gasteiger partial charge is 0.504 e. The van der Waals surface area contributed by atoms with Crippen molar-refractivity contribution >= 4 is 10.9 Å². The second-order valence-corrected chi connectivity index (χ2v) is 3.43. The zero-order valence-electron chi connectivity index (χ0n) is 9.10. The molecule has 0 aliphatic carbocycles. The van der Waals surface area contributed by atoms with E-state index in [0.29, 0.717) is 23.3 Å². The van der Waals surface area contributed by atoms with Gasteiger partial charge in [-0.15, -0.1) is 0 Å². The minimum absolute atomic E-state index is 0.0422. The van der Waals surface area contributed by atoms with E-state index in [1.165, 1.54) is 17.0 Å². The number of rotatable bonds is 2. The molecular weight excluding hydrogens is 208 g/mol. The number of fused-ring (bicyclic) bond motifs is 1. The van der Waals surface area contributed by atoms with Crippen LogP contribution >= 0.6 is 0 Å². The zero-order valence-corrected chi connectivity index (χ0v) is 9.10. The summed E-state index contributed by atoms with van der Waals surface area (Å²) in [6, 6.07) is 2.95. The molecule has 5 nitrogen and oxygen atoms in total. The first-order valence-corrected chi connectivity index (χ1v) is 4.94. The van der Waals surface area contributed by atoms with E-state index < -0.39 is 0 Å². The van der Waals surface area contributed by atoms with E-state index >= 15 is 0 Å². The second-order valence-electron chi connectivity index (χ2n) is 3.43. The number of nitrogens with zero attached hydrogens (tertiary/aromatic N) is 2. The Morgan fingerprint density at radius 3 is 2.94 bits per heavy atom. The predicted molar refractivity (Wildman–Crippen MR) is 59.8 cm³/mol. The van der Waals surface area contributed by atoms with Crippen LogP contribution in [0.2, 0.25) is 0 Å². The van der Waals surface area contributed by atoms with Crippen molar-refractivity contribution < 1.29 is 9.84 Å². The van der Waals surface area contributed by atoms with Crippen molar-refractivity contribution in [2.75, 3.05) is 6.61 Å². The van der Waals surface area contributed by atoms with Crippen molar-refractivity contribution in [2.45, 2.75) is 6.92 Å². The number of phenols is 1. The number of benzene rings is 1. The molecule has 1 heterocycles. The fraction of sp³-hybridized carbons (Fsp3) is 0.273. The van der Waals surface area contributed by atoms with Crippen molar-refractivity contribution in [1.82, 2.24) is 9.55 Å². The van der Waals surface area contributed by atoms with E-state index in [1.807, 2.05) is 6.92 Å². The van der Waals surface area contributed by atoms with Gasteiger partial charge in [-0.05, 0) is 13.0 Å². The lowest BCUT2D eigenvalue weighted by Crippen LogP contribution is -2.16. The van der Waals surface area contributed by atoms with Gasteiger partial charge in [0.15, 0.2) is 11.5 Å². The quantitative estimate of drug-likeness (QED) is 0.821. The molecule has 2 aromatic rings. The highest BCUT2D eigenvalue weighted by Crippen LogP contribution is 2.28. The van der Waals surface area contributed by atoms with Gasteiger partial charge in [0.2, 0.25) is 0 Å². The molecule has 1 aromatic carbocycles. The van der Waals surface area contributed by atoms with E-state index in [-0.39, 0.29) is 11.3 Å². The number of ether oxygens (including phenoxy) is 1. The SMILES string of the molecule is CCOc1cc2ncn(C)c(=O)c2cc1O. The summed E-state index contributed by atoms with van der Waals surface area (Å²) in [6.07, 6.45) is 1.44. The summed E-state index contributed by atoms with van der Waals surface area (Å²) in [5, 5.41) is 10.0. The number of phenolic OH excluding ortho intramolecular Hbond substituents is 1. The maximum atomic E-state index is 11.7. The Labute approximate surface area is 91.9 Å². The molecule has 0 aliphatic rings. The smallest absolute Gasteiger partial charge is 0.261 e. The fourth-order valence-corrected chi connectivity index (χ4v) is 1.50. The number of aryl methyl sites for hydroxylation is 1. The monoisotopic (exact) mass is 220 g/mol. The molecule has 1 aromatic heterocycles. The molecule has 5 heteroatoms. The third kappa shape index (κ3) is 1.60. The Morgan fingerprint density at radius 2 is 2.25 bits per heavy atom. The van der Waals surface area contributed by atoms with Crippen LogP contribution in [-0.4, -0.2) is 21.3 Å². The van der Waals surface area contributed by atoms with Crippen molar-refractivity contribution in [2.24, 2.45) is 7.05 Å². The molecule has 0 atom stereocenters. The van der Waals surface area contributed by atoms with Gasteiger partial charge < -0.3 is 14.4 Å². The lowest BCUT2D eigenvalue weighted by Gasteiger charge is -2.07. The summed E-state index contributed by atoms with van der Waals surface area (Å²) in [7, 11) is 1.61. The van der Waals surface area contributed by atoms with E-state index in [1.54, 1.807) is 13.1 Å². The molecule has 0 bridgehead atoms. The highest BCUT2D eigenvalue weighted by molar-refractivity contribution is 5.81. The number of aromatic hydroxyl groups is 1. The van der Waals surface area contributed by atoms with Crippen molar-refractivity contribution in [1.29, 1.82) is 0 Å². The van der Waals surface area contributed by atoms with Crippen LogP contribution < -0.4 is 10.3 Å². The van der Waals surface area contributed by atoms with Gasteiger partial charge in [-0.1, -0.05) is 0 Å². The van der Waals surface area contributed by atoms with Gasteiger partial charge in [0.1, 0.15) is 0 Å². The van der Waals surface area contributed by atoms with Gasteiger partial charge in [0.05, 0.1) is 23.8 Å². The van der Waals surface area contributed by atoms with Crippen LogP contribution in [0.4, 0.5) is 0 Å². The summed E-state index contributed by atoms with van der Waals surface area (Å²) in [5.41, 5.74) is 0.327. The van der Waals surface area contributed by atoms with Crippen molar-refractivity contribution in [3.63, 3.8) is 0 Å². The Morgan fingerprint density at radius 1 is 1.50 bits per heavy atom. The fourth-order valence-electron chi connectivity index (χ4n) is 1.50. The van der Waals surface area contributed by atoms with E-state index in [4.69, 9.17) is 4.74 Å². The van der Waals surface area contributed by atoms with Gasteiger partial charge in [-0.25, -0.2) is 4.98 Å². The van der Waals surface area contributed by atoms with Crippen molar-refractivity contribution in [3.8, 4) is 11.5 Å². The topological polar surface area (TPSA) is 64.4 Å². The highest BCUT2D eigenvalue weighted by atomic mass is 16.5. The first-order chi connectivity index (χ1) is 7.63. The van der Waals surface area contributed by atoms with Crippen molar-refractivity contribution in [3.05, 3.63) is 28.8 Å².